The summed E-state index contributed by atoms with van der Waals surface area (Å²) in [5, 5.41) is 9.67. The molecule has 0 aliphatic heterocycles. The molecule has 4 rings (SSSR count). The second-order valence-corrected chi connectivity index (χ2v) is 10.2. The molecular weight excluding hydrogens is 458 g/mol. The Morgan fingerprint density at radius 1 is 0.946 bits per heavy atom. The quantitative estimate of drug-likeness (QED) is 0.285. The van der Waals surface area contributed by atoms with E-state index >= 15 is 0 Å². The molecule has 0 N–H and O–H groups in total. The number of nitriles is 1. The van der Waals surface area contributed by atoms with Crippen LogP contribution in [-0.2, 0) is 12.8 Å². The predicted molar refractivity (Wildman–Crippen MR) is 148 cm³/mol. The zero-order valence-electron chi connectivity index (χ0n) is 22.2. The van der Waals surface area contributed by atoms with E-state index < -0.39 is 0 Å². The Hall–Kier alpha value is -4.17. The Morgan fingerprint density at radius 3 is 2.24 bits per heavy atom. The van der Waals surface area contributed by atoms with Gasteiger partial charge in [0, 0.05) is 12.0 Å². The molecule has 0 aliphatic rings. The summed E-state index contributed by atoms with van der Waals surface area (Å²) >= 11 is 0. The highest BCUT2D eigenvalue weighted by Gasteiger charge is 2.19. The molecule has 0 spiro atoms. The molecule has 37 heavy (non-hydrogen) atoms. The zero-order chi connectivity index (χ0) is 26.6. The maximum absolute atomic E-state index is 14.0. The monoisotopic (exact) mass is 491 g/mol. The third-order valence-corrected chi connectivity index (χ3v) is 6.16. The normalized spacial score (nSPS) is 11.2. The van der Waals surface area contributed by atoms with Gasteiger partial charge in [0.1, 0.15) is 17.2 Å². The van der Waals surface area contributed by atoms with Crippen LogP contribution in [0.3, 0.4) is 0 Å². The molecule has 3 aromatic carbocycles. The van der Waals surface area contributed by atoms with E-state index in [1.807, 2.05) is 100 Å². The van der Waals surface area contributed by atoms with Crippen molar-refractivity contribution >= 4 is 0 Å². The van der Waals surface area contributed by atoms with Crippen molar-refractivity contribution in [2.24, 2.45) is 0 Å². The fourth-order valence-electron chi connectivity index (χ4n) is 4.60. The number of ether oxygens (including phenoxy) is 1. The molecule has 0 saturated carbocycles. The van der Waals surface area contributed by atoms with Crippen molar-refractivity contribution in [3.05, 3.63) is 111 Å². The van der Waals surface area contributed by atoms with E-state index in [0.717, 1.165) is 46.7 Å². The average molecular weight is 492 g/mol. The molecule has 0 radical (unpaired) electrons. The minimum atomic E-state index is -0.303. The molecular formula is C32H33N3O2. The second kappa shape index (κ2) is 10.8. The van der Waals surface area contributed by atoms with Crippen molar-refractivity contribution in [1.82, 2.24) is 9.55 Å². The van der Waals surface area contributed by atoms with Crippen molar-refractivity contribution in [2.75, 3.05) is 0 Å². The van der Waals surface area contributed by atoms with Gasteiger partial charge in [-0.05, 0) is 81.1 Å². The highest BCUT2D eigenvalue weighted by Crippen LogP contribution is 2.29. The Labute approximate surface area is 219 Å². The third kappa shape index (κ3) is 5.81. The van der Waals surface area contributed by atoms with Gasteiger partial charge >= 0.3 is 0 Å². The van der Waals surface area contributed by atoms with E-state index in [0.29, 0.717) is 23.4 Å². The summed E-state index contributed by atoms with van der Waals surface area (Å²) < 4.78 is 7.64. The summed E-state index contributed by atoms with van der Waals surface area (Å²) in [4.78, 5) is 18.9. The maximum atomic E-state index is 14.0. The van der Waals surface area contributed by atoms with Crippen LogP contribution >= 0.6 is 0 Å². The van der Waals surface area contributed by atoms with Crippen LogP contribution in [0.4, 0.5) is 0 Å². The molecule has 0 aliphatic carbocycles. The standard InChI is InChI=1S/C32H33N3O2/c1-6-11-30-29(20-23-12-7-9-14-27(23)28-15-10-8-13-24(28)21-33)31(36)35(22(2)34-30)25-16-18-26(19-17-25)37-32(3,4)5/h7-10,12-19H,6,11,20H2,1-5H3. The lowest BCUT2D eigenvalue weighted by molar-refractivity contribution is 0.131. The Bertz CT molecular complexity index is 1500. The molecule has 4 aromatic rings. The minimum Gasteiger partial charge on any atom is -0.488 e. The van der Waals surface area contributed by atoms with Crippen LogP contribution in [-0.4, -0.2) is 15.2 Å². The fraction of sp³-hybridized carbons (Fsp3) is 0.281. The van der Waals surface area contributed by atoms with Gasteiger partial charge in [-0.1, -0.05) is 55.8 Å². The number of aryl methyl sites for hydroxylation is 2. The van der Waals surface area contributed by atoms with Gasteiger partial charge in [-0.3, -0.25) is 9.36 Å². The number of hydrogen-bond acceptors (Lipinski definition) is 4. The summed E-state index contributed by atoms with van der Waals surface area (Å²) in [5.41, 5.74) is 5.33. The van der Waals surface area contributed by atoms with Crippen molar-refractivity contribution in [2.45, 2.75) is 59.5 Å². The van der Waals surface area contributed by atoms with E-state index in [-0.39, 0.29) is 11.2 Å². The molecule has 0 fully saturated rings. The lowest BCUT2D eigenvalue weighted by atomic mass is 9.92. The van der Waals surface area contributed by atoms with E-state index in [4.69, 9.17) is 9.72 Å². The summed E-state index contributed by atoms with van der Waals surface area (Å²) in [7, 11) is 0. The largest absolute Gasteiger partial charge is 0.488 e. The zero-order valence-corrected chi connectivity index (χ0v) is 22.2. The Morgan fingerprint density at radius 2 is 1.59 bits per heavy atom. The second-order valence-electron chi connectivity index (χ2n) is 10.2. The van der Waals surface area contributed by atoms with Gasteiger partial charge in [0.25, 0.3) is 5.56 Å². The fourth-order valence-corrected chi connectivity index (χ4v) is 4.60. The summed E-state index contributed by atoms with van der Waals surface area (Å²) in [6.45, 7) is 9.99. The molecule has 0 atom stereocenters. The first kappa shape index (κ1) is 25.9. The first-order chi connectivity index (χ1) is 17.7. The highest BCUT2D eigenvalue weighted by atomic mass is 16.5. The topological polar surface area (TPSA) is 67.9 Å². The molecule has 1 aromatic heterocycles. The Kier molecular flexibility index (Phi) is 7.59. The summed E-state index contributed by atoms with van der Waals surface area (Å²) in [6.07, 6.45) is 2.05. The van der Waals surface area contributed by atoms with Gasteiger partial charge in [-0.2, -0.15) is 5.26 Å². The van der Waals surface area contributed by atoms with Crippen LogP contribution in [0.25, 0.3) is 16.8 Å². The Balaban J connectivity index is 1.82. The van der Waals surface area contributed by atoms with Crippen molar-refractivity contribution in [3.8, 4) is 28.6 Å². The van der Waals surface area contributed by atoms with Gasteiger partial charge in [-0.25, -0.2) is 4.98 Å². The number of rotatable bonds is 7. The van der Waals surface area contributed by atoms with Crippen LogP contribution in [0.2, 0.25) is 0 Å². The average Bonchev–Trinajstić information content (AvgIpc) is 2.87. The van der Waals surface area contributed by atoms with Crippen molar-refractivity contribution in [1.29, 1.82) is 5.26 Å². The van der Waals surface area contributed by atoms with E-state index in [2.05, 4.69) is 13.0 Å². The van der Waals surface area contributed by atoms with Gasteiger partial charge in [0.05, 0.1) is 23.0 Å². The molecule has 0 saturated heterocycles. The molecule has 188 valence electrons. The number of hydrogen-bond donors (Lipinski definition) is 0. The smallest absolute Gasteiger partial charge is 0.261 e. The van der Waals surface area contributed by atoms with Crippen LogP contribution in [0.15, 0.2) is 77.6 Å². The number of benzene rings is 3. The van der Waals surface area contributed by atoms with E-state index in [1.54, 1.807) is 4.57 Å². The van der Waals surface area contributed by atoms with Crippen LogP contribution in [0, 0.1) is 18.3 Å². The molecule has 1 heterocycles. The van der Waals surface area contributed by atoms with E-state index in [9.17, 15) is 10.1 Å². The van der Waals surface area contributed by atoms with Gasteiger partial charge in [-0.15, -0.1) is 0 Å². The van der Waals surface area contributed by atoms with Crippen molar-refractivity contribution < 1.29 is 4.74 Å². The molecule has 0 bridgehead atoms. The van der Waals surface area contributed by atoms with Gasteiger partial charge < -0.3 is 4.74 Å². The van der Waals surface area contributed by atoms with E-state index in [1.165, 1.54) is 0 Å². The summed E-state index contributed by atoms with van der Waals surface area (Å²) in [6, 6.07) is 25.4. The molecule has 5 nitrogen and oxygen atoms in total. The highest BCUT2D eigenvalue weighted by molar-refractivity contribution is 5.73. The van der Waals surface area contributed by atoms with Crippen LogP contribution < -0.4 is 10.3 Å². The lowest BCUT2D eigenvalue weighted by Gasteiger charge is -2.21. The molecule has 0 unspecified atom stereocenters. The van der Waals surface area contributed by atoms with Crippen molar-refractivity contribution in [3.63, 3.8) is 0 Å². The van der Waals surface area contributed by atoms with Crippen LogP contribution in [0.1, 0.15) is 62.3 Å². The summed E-state index contributed by atoms with van der Waals surface area (Å²) in [5.74, 6) is 1.41. The predicted octanol–water partition coefficient (Wildman–Crippen LogP) is 6.80. The van der Waals surface area contributed by atoms with Gasteiger partial charge in [0.2, 0.25) is 0 Å². The number of aromatic nitrogens is 2. The van der Waals surface area contributed by atoms with Gasteiger partial charge in [0.15, 0.2) is 0 Å². The SMILES string of the molecule is CCCc1nc(C)n(-c2ccc(OC(C)(C)C)cc2)c(=O)c1Cc1ccccc1-c1ccccc1C#N. The molecule has 5 heteroatoms. The lowest BCUT2D eigenvalue weighted by Crippen LogP contribution is -2.28. The maximum Gasteiger partial charge on any atom is 0.261 e. The third-order valence-electron chi connectivity index (χ3n) is 6.16. The first-order valence-corrected chi connectivity index (χ1v) is 12.7. The minimum absolute atomic E-state index is 0.0659. The molecule has 0 amide bonds. The van der Waals surface area contributed by atoms with Crippen LogP contribution in [0.5, 0.6) is 5.75 Å². The number of nitrogens with zero attached hydrogens (tertiary/aromatic N) is 3. The first-order valence-electron chi connectivity index (χ1n) is 12.7.